The number of para-hydroxylation sites is 2. The highest BCUT2D eigenvalue weighted by molar-refractivity contribution is 6.08. The zero-order valence-electron chi connectivity index (χ0n) is 19.0. The second kappa shape index (κ2) is 10.5. The molecule has 0 spiro atoms. The smallest absolute Gasteiger partial charge is 0.330 e. The van der Waals surface area contributed by atoms with Crippen molar-refractivity contribution < 1.29 is 14.3 Å². The van der Waals surface area contributed by atoms with Gasteiger partial charge in [-0.05, 0) is 24.6 Å². The number of aromatic amines is 1. The van der Waals surface area contributed by atoms with Crippen molar-refractivity contribution in [3.8, 4) is 11.5 Å². The van der Waals surface area contributed by atoms with E-state index in [1.165, 1.54) is 23.7 Å². The summed E-state index contributed by atoms with van der Waals surface area (Å²) in [5.74, 6) is 0.318. The lowest BCUT2D eigenvalue weighted by atomic mass is 10.1. The van der Waals surface area contributed by atoms with Gasteiger partial charge in [-0.25, -0.2) is 4.79 Å². The maximum atomic E-state index is 13.8. The second-order valence-corrected chi connectivity index (χ2v) is 7.40. The molecule has 2 aromatic carbocycles. The molecule has 0 fully saturated rings. The van der Waals surface area contributed by atoms with Gasteiger partial charge in [0.1, 0.15) is 17.3 Å². The van der Waals surface area contributed by atoms with Gasteiger partial charge in [-0.2, -0.15) is 0 Å². The molecule has 0 aliphatic carbocycles. The van der Waals surface area contributed by atoms with Crippen molar-refractivity contribution >= 4 is 17.4 Å². The monoisotopic (exact) mass is 452 g/mol. The lowest BCUT2D eigenvalue weighted by Gasteiger charge is -2.26. The number of nitrogens with two attached hydrogens (primary N) is 1. The zero-order valence-corrected chi connectivity index (χ0v) is 19.0. The van der Waals surface area contributed by atoms with Crippen LogP contribution in [0.1, 0.15) is 35.7 Å². The number of methoxy groups -OCH3 is 2. The summed E-state index contributed by atoms with van der Waals surface area (Å²) >= 11 is 0. The second-order valence-electron chi connectivity index (χ2n) is 7.40. The fraction of sp³-hybridized carbons (Fsp3) is 0.292. The van der Waals surface area contributed by atoms with E-state index in [4.69, 9.17) is 15.2 Å². The van der Waals surface area contributed by atoms with E-state index in [0.29, 0.717) is 30.0 Å². The first-order chi connectivity index (χ1) is 15.9. The van der Waals surface area contributed by atoms with Crippen molar-refractivity contribution in [2.45, 2.75) is 32.9 Å². The molecule has 0 saturated heterocycles. The van der Waals surface area contributed by atoms with E-state index in [0.717, 1.165) is 6.42 Å². The van der Waals surface area contributed by atoms with Crippen LogP contribution in [0, 0.1) is 0 Å². The van der Waals surface area contributed by atoms with Gasteiger partial charge in [-0.3, -0.25) is 24.0 Å². The average Bonchev–Trinajstić information content (AvgIpc) is 2.82. The first kappa shape index (κ1) is 23.6. The van der Waals surface area contributed by atoms with Crippen LogP contribution in [-0.4, -0.2) is 29.7 Å². The van der Waals surface area contributed by atoms with Crippen LogP contribution in [0.5, 0.6) is 11.5 Å². The van der Waals surface area contributed by atoms with Crippen LogP contribution in [-0.2, 0) is 13.1 Å². The molecular formula is C24H28N4O5. The minimum atomic E-state index is -0.747. The van der Waals surface area contributed by atoms with Gasteiger partial charge in [0.15, 0.2) is 5.69 Å². The highest BCUT2D eigenvalue weighted by atomic mass is 16.5. The molecule has 1 aromatic heterocycles. The maximum Gasteiger partial charge on any atom is 0.330 e. The Kier molecular flexibility index (Phi) is 7.55. The van der Waals surface area contributed by atoms with Gasteiger partial charge < -0.3 is 15.2 Å². The van der Waals surface area contributed by atoms with Crippen LogP contribution in [0.25, 0.3) is 0 Å². The van der Waals surface area contributed by atoms with Crippen molar-refractivity contribution in [1.82, 2.24) is 9.55 Å². The molecule has 0 radical (unpaired) electrons. The number of H-pyrrole nitrogens is 1. The third-order valence-electron chi connectivity index (χ3n) is 5.32. The minimum absolute atomic E-state index is 0.0137. The largest absolute Gasteiger partial charge is 0.496 e. The Morgan fingerprint density at radius 2 is 1.67 bits per heavy atom. The van der Waals surface area contributed by atoms with Crippen LogP contribution in [0.3, 0.4) is 0 Å². The quantitative estimate of drug-likeness (QED) is 0.515. The van der Waals surface area contributed by atoms with E-state index >= 15 is 0 Å². The van der Waals surface area contributed by atoms with Crippen LogP contribution >= 0.6 is 0 Å². The number of nitrogens with one attached hydrogen (secondary N) is 1. The zero-order chi connectivity index (χ0) is 24.0. The van der Waals surface area contributed by atoms with Crippen molar-refractivity contribution in [2.75, 3.05) is 24.9 Å². The molecule has 1 heterocycles. The predicted octanol–water partition coefficient (Wildman–Crippen LogP) is 2.78. The maximum absolute atomic E-state index is 13.8. The molecule has 0 atom stereocenters. The lowest BCUT2D eigenvalue weighted by molar-refractivity contribution is 0.0981. The third-order valence-corrected chi connectivity index (χ3v) is 5.32. The molecule has 33 heavy (non-hydrogen) atoms. The van der Waals surface area contributed by atoms with E-state index < -0.39 is 17.2 Å². The Morgan fingerprint density at radius 1 is 1.03 bits per heavy atom. The first-order valence-corrected chi connectivity index (χ1v) is 10.6. The number of benzene rings is 2. The highest BCUT2D eigenvalue weighted by Crippen LogP contribution is 2.28. The molecule has 3 rings (SSSR count). The number of nitrogen functional groups attached to an aromatic ring is 1. The summed E-state index contributed by atoms with van der Waals surface area (Å²) in [5, 5.41) is 0. The fourth-order valence-corrected chi connectivity index (χ4v) is 3.60. The molecule has 3 aromatic rings. The van der Waals surface area contributed by atoms with Crippen LogP contribution in [0.2, 0.25) is 0 Å². The number of hydrogen-bond donors (Lipinski definition) is 2. The number of hydrogen-bond acceptors (Lipinski definition) is 6. The van der Waals surface area contributed by atoms with Crippen molar-refractivity contribution in [2.24, 2.45) is 0 Å². The van der Waals surface area contributed by atoms with E-state index in [1.807, 2.05) is 6.92 Å². The molecule has 0 bridgehead atoms. The Bertz CT molecular complexity index is 1250. The number of anilines is 2. The highest BCUT2D eigenvalue weighted by Gasteiger charge is 2.28. The molecule has 0 saturated carbocycles. The molecule has 9 nitrogen and oxygen atoms in total. The number of ether oxygens (including phenoxy) is 2. The van der Waals surface area contributed by atoms with E-state index in [1.54, 1.807) is 48.5 Å². The molecular weight excluding hydrogens is 424 g/mol. The molecule has 9 heteroatoms. The van der Waals surface area contributed by atoms with Gasteiger partial charge in [0.2, 0.25) is 0 Å². The number of aromatic nitrogens is 2. The van der Waals surface area contributed by atoms with Crippen molar-refractivity contribution in [3.63, 3.8) is 0 Å². The number of rotatable bonds is 9. The van der Waals surface area contributed by atoms with E-state index in [-0.39, 0.29) is 23.6 Å². The summed E-state index contributed by atoms with van der Waals surface area (Å²) in [6, 6.07) is 13.9. The van der Waals surface area contributed by atoms with Crippen LogP contribution in [0.15, 0.2) is 58.1 Å². The third kappa shape index (κ3) is 4.92. The summed E-state index contributed by atoms with van der Waals surface area (Å²) in [6.45, 7) is 2.28. The average molecular weight is 453 g/mol. The molecule has 0 aliphatic heterocycles. The normalized spacial score (nSPS) is 10.6. The SMILES string of the molecule is CCCCn1c(N)c(N(Cc2ccccc2OC)C(=O)c2ccccc2OC)c(=O)[nH]c1=O. The van der Waals surface area contributed by atoms with Gasteiger partial charge in [-0.1, -0.05) is 43.7 Å². The number of carbonyl (C=O) groups excluding carboxylic acids is 1. The van der Waals surface area contributed by atoms with Gasteiger partial charge in [-0.15, -0.1) is 0 Å². The fourth-order valence-electron chi connectivity index (χ4n) is 3.60. The number of unbranched alkanes of at least 4 members (excludes halogenated alkanes) is 1. The van der Waals surface area contributed by atoms with Crippen LogP contribution in [0.4, 0.5) is 11.5 Å². The molecule has 0 aliphatic rings. The summed E-state index contributed by atoms with van der Waals surface area (Å²) in [6.07, 6.45) is 1.51. The topological polar surface area (TPSA) is 120 Å². The molecule has 0 unspecified atom stereocenters. The van der Waals surface area contributed by atoms with Gasteiger partial charge in [0, 0.05) is 12.1 Å². The van der Waals surface area contributed by atoms with Gasteiger partial charge in [0.25, 0.3) is 11.5 Å². The number of carbonyl (C=O) groups is 1. The first-order valence-electron chi connectivity index (χ1n) is 10.6. The van der Waals surface area contributed by atoms with Crippen LogP contribution < -0.4 is 31.4 Å². The lowest BCUT2D eigenvalue weighted by Crippen LogP contribution is -2.41. The predicted molar refractivity (Wildman–Crippen MR) is 127 cm³/mol. The Morgan fingerprint density at radius 3 is 2.33 bits per heavy atom. The van der Waals surface area contributed by atoms with Crippen molar-refractivity contribution in [3.05, 3.63) is 80.5 Å². The summed E-state index contributed by atoms with van der Waals surface area (Å²) < 4.78 is 12.1. The van der Waals surface area contributed by atoms with E-state index in [2.05, 4.69) is 4.98 Å². The Hall–Kier alpha value is -4.01. The molecule has 174 valence electrons. The number of nitrogens with zero attached hydrogens (tertiary/aromatic N) is 2. The molecule has 3 N–H and O–H groups in total. The number of amides is 1. The van der Waals surface area contributed by atoms with Gasteiger partial charge in [0.05, 0.1) is 26.3 Å². The summed E-state index contributed by atoms with van der Waals surface area (Å²) in [4.78, 5) is 42.7. The minimum Gasteiger partial charge on any atom is -0.496 e. The summed E-state index contributed by atoms with van der Waals surface area (Å²) in [5.41, 5.74) is 5.77. The summed E-state index contributed by atoms with van der Waals surface area (Å²) in [7, 11) is 2.99. The van der Waals surface area contributed by atoms with E-state index in [9.17, 15) is 14.4 Å². The standard InChI is InChI=1S/C24H28N4O5/c1-4-5-14-27-21(25)20(22(29)26-24(27)31)28(15-16-10-6-8-12-18(16)32-2)23(30)17-11-7-9-13-19(17)33-3/h6-13H,4-5,14-15,25H2,1-3H3,(H,26,29,31). The van der Waals surface area contributed by atoms with Gasteiger partial charge >= 0.3 is 5.69 Å². The Labute approximate surface area is 191 Å². The molecule has 1 amide bonds. The van der Waals surface area contributed by atoms with Crippen molar-refractivity contribution in [1.29, 1.82) is 0 Å². The Balaban J connectivity index is 2.22.